The maximum absolute atomic E-state index is 12.3. The highest BCUT2D eigenvalue weighted by Crippen LogP contribution is 2.29. The molecule has 0 aliphatic heterocycles. The van der Waals surface area contributed by atoms with Crippen molar-refractivity contribution in [2.24, 2.45) is 0 Å². The lowest BCUT2D eigenvalue weighted by atomic mass is 10.1. The number of carbonyl (C=O) groups is 1. The third-order valence-corrected chi connectivity index (χ3v) is 2.39. The average molecular weight is 247 g/mol. The summed E-state index contributed by atoms with van der Waals surface area (Å²) in [6, 6.07) is 4.35. The predicted octanol–water partition coefficient (Wildman–Crippen LogP) is 1.54. The summed E-state index contributed by atoms with van der Waals surface area (Å²) in [5.74, 6) is -0.125. The highest BCUT2D eigenvalue weighted by molar-refractivity contribution is 5.96. The van der Waals surface area contributed by atoms with E-state index in [1.54, 1.807) is 0 Å². The lowest BCUT2D eigenvalue weighted by molar-refractivity contribution is -0.857. The van der Waals surface area contributed by atoms with Crippen LogP contribution in [-0.4, -0.2) is 26.4 Å². The lowest BCUT2D eigenvalue weighted by Crippen LogP contribution is -3.05. The van der Waals surface area contributed by atoms with Crippen LogP contribution in [0, 0.1) is 0 Å². The van der Waals surface area contributed by atoms with Crippen molar-refractivity contribution in [3.8, 4) is 0 Å². The van der Waals surface area contributed by atoms with Crippen LogP contribution in [0.3, 0.4) is 0 Å². The number of alkyl halides is 3. The number of benzene rings is 1. The number of hydrogen-bond donors (Lipinski definition) is 1. The maximum Gasteiger partial charge on any atom is 0.416 e. The third-order valence-electron chi connectivity index (χ3n) is 2.39. The molecule has 0 amide bonds. The zero-order valence-electron chi connectivity index (χ0n) is 10.8. The minimum atomic E-state index is -4.35. The molecule has 1 aromatic carbocycles. The number of nitrogens with one attached hydrogen (secondary N) is 1. The molecule has 0 saturated heterocycles. The van der Waals surface area contributed by atoms with Crippen molar-refractivity contribution in [3.05, 3.63) is 35.4 Å². The van der Waals surface area contributed by atoms with E-state index in [1.807, 2.05) is 14.1 Å². The van der Waals surface area contributed by atoms with E-state index in [2.05, 4.69) is 0 Å². The third kappa shape index (κ3) is 4.19. The van der Waals surface area contributed by atoms with Crippen molar-refractivity contribution >= 4 is 5.78 Å². The highest BCUT2D eigenvalue weighted by atomic mass is 19.4. The number of quaternary nitrogens is 1. The van der Waals surface area contributed by atoms with Crippen LogP contribution in [0.25, 0.3) is 0 Å². The van der Waals surface area contributed by atoms with Gasteiger partial charge in [-0.1, -0.05) is 12.1 Å². The smallest absolute Gasteiger partial charge is 0.416 e. The van der Waals surface area contributed by atoms with Gasteiger partial charge in [-0.2, -0.15) is 13.2 Å². The van der Waals surface area contributed by atoms with Crippen LogP contribution in [-0.2, 0) is 6.18 Å². The number of hydrogen-bond acceptors (Lipinski definition) is 1. The molecule has 0 atom stereocenters. The monoisotopic (exact) mass is 247 g/mol. The van der Waals surface area contributed by atoms with Crippen molar-refractivity contribution in [1.82, 2.24) is 0 Å². The molecule has 0 saturated carbocycles. The van der Waals surface area contributed by atoms with Gasteiger partial charge in [-0.15, -0.1) is 0 Å². The molecule has 0 heterocycles. The Morgan fingerprint density at radius 1 is 1.24 bits per heavy atom. The summed E-state index contributed by atoms with van der Waals surface area (Å²) in [5, 5.41) is 0. The lowest BCUT2D eigenvalue weighted by Gasteiger charge is -2.08. The minimum Gasteiger partial charge on any atom is -1.00 e. The van der Waals surface area contributed by atoms with Gasteiger partial charge in [0.1, 0.15) is 0 Å². The molecule has 96 valence electrons. The number of halogens is 3. The van der Waals surface area contributed by atoms with Gasteiger partial charge in [-0.3, -0.25) is 4.79 Å². The molecule has 1 N–H and O–H groups in total. The van der Waals surface area contributed by atoms with E-state index in [1.165, 1.54) is 12.1 Å². The Kier molecular flexibility index (Phi) is 4.28. The molecule has 0 aliphatic rings. The zero-order chi connectivity index (χ0) is 13.1. The first kappa shape index (κ1) is 13.7. The van der Waals surface area contributed by atoms with Crippen molar-refractivity contribution in [1.29, 1.82) is 0 Å². The largest absolute Gasteiger partial charge is 1.00 e. The number of ketones is 1. The molecule has 0 fully saturated rings. The molecule has 0 aromatic heterocycles. The predicted molar refractivity (Wildman–Crippen MR) is 59.2 cm³/mol. The van der Waals surface area contributed by atoms with Crippen LogP contribution in [0.4, 0.5) is 13.2 Å². The van der Waals surface area contributed by atoms with E-state index >= 15 is 0 Å². The van der Waals surface area contributed by atoms with Gasteiger partial charge in [0.15, 0.2) is 5.78 Å². The van der Waals surface area contributed by atoms with Gasteiger partial charge in [0.25, 0.3) is 0 Å². The average Bonchev–Trinajstić information content (AvgIpc) is 2.25. The van der Waals surface area contributed by atoms with E-state index in [-0.39, 0.29) is 7.21 Å². The van der Waals surface area contributed by atoms with Crippen molar-refractivity contribution in [2.45, 2.75) is 12.6 Å². The van der Waals surface area contributed by atoms with E-state index in [0.717, 1.165) is 17.0 Å². The molecule has 0 radical (unpaired) electrons. The van der Waals surface area contributed by atoms with Crippen LogP contribution in [0.1, 0.15) is 23.8 Å². The second-order valence-corrected chi connectivity index (χ2v) is 4.21. The number of Topliss-reactive ketones (excluding diaryl/α,β-unsaturated/α-hetero) is 1. The molecular weight excluding hydrogens is 231 g/mol. The van der Waals surface area contributed by atoms with Gasteiger partial charge in [0.2, 0.25) is 0 Å². The molecule has 0 bridgehead atoms. The van der Waals surface area contributed by atoms with E-state index in [4.69, 9.17) is 0 Å². The van der Waals surface area contributed by atoms with E-state index < -0.39 is 11.7 Å². The standard InChI is InChI=1S/C12H14F3NO.H/c1-16(2)8-7-11(17)9-3-5-10(6-4-9)12(13,14)15;/h3-6H,7-8H2,1-2H3;/q;-1/p+1. The fourth-order valence-corrected chi connectivity index (χ4v) is 1.35. The molecule has 0 unspecified atom stereocenters. The Labute approximate surface area is 99.5 Å². The van der Waals surface area contributed by atoms with E-state index in [0.29, 0.717) is 18.5 Å². The Hall–Kier alpha value is -1.36. The fourth-order valence-electron chi connectivity index (χ4n) is 1.35. The topological polar surface area (TPSA) is 21.5 Å². The van der Waals surface area contributed by atoms with Crippen molar-refractivity contribution in [3.63, 3.8) is 0 Å². The zero-order valence-corrected chi connectivity index (χ0v) is 9.77. The minimum absolute atomic E-state index is 0. The van der Waals surface area contributed by atoms with Gasteiger partial charge in [0, 0.05) is 5.56 Å². The van der Waals surface area contributed by atoms with Crippen LogP contribution in [0.5, 0.6) is 0 Å². The summed E-state index contributed by atoms with van der Waals surface area (Å²) in [5.41, 5.74) is -0.397. The van der Waals surface area contributed by atoms with Crippen molar-refractivity contribution in [2.75, 3.05) is 20.6 Å². The first-order chi connectivity index (χ1) is 7.80. The summed E-state index contributed by atoms with van der Waals surface area (Å²) in [6.07, 6.45) is -4.01. The van der Waals surface area contributed by atoms with Crippen LogP contribution >= 0.6 is 0 Å². The fraction of sp³-hybridized carbons (Fsp3) is 0.417. The van der Waals surface area contributed by atoms with E-state index in [9.17, 15) is 18.0 Å². The first-order valence-electron chi connectivity index (χ1n) is 5.30. The Bertz CT molecular complexity index is 387. The summed E-state index contributed by atoms with van der Waals surface area (Å²) >= 11 is 0. The van der Waals surface area contributed by atoms with Gasteiger partial charge in [-0.25, -0.2) is 0 Å². The normalized spacial score (nSPS) is 11.9. The molecule has 1 aromatic rings. The van der Waals surface area contributed by atoms with Gasteiger partial charge >= 0.3 is 6.18 Å². The van der Waals surface area contributed by atoms with Gasteiger partial charge < -0.3 is 6.33 Å². The Morgan fingerprint density at radius 2 is 1.76 bits per heavy atom. The van der Waals surface area contributed by atoms with Crippen LogP contribution < -0.4 is 4.90 Å². The maximum atomic E-state index is 12.3. The van der Waals surface area contributed by atoms with Gasteiger partial charge in [-0.05, 0) is 12.1 Å². The highest BCUT2D eigenvalue weighted by Gasteiger charge is 2.30. The van der Waals surface area contributed by atoms with Gasteiger partial charge in [0.05, 0.1) is 32.6 Å². The second-order valence-electron chi connectivity index (χ2n) is 4.21. The summed E-state index contributed by atoms with van der Waals surface area (Å²) < 4.78 is 36.9. The molecule has 17 heavy (non-hydrogen) atoms. The molecule has 2 nitrogen and oxygen atoms in total. The Balaban J connectivity index is 0.00000289. The molecule has 0 spiro atoms. The molecule has 5 heteroatoms. The quantitative estimate of drug-likeness (QED) is 0.801. The second kappa shape index (κ2) is 5.31. The molecule has 1 rings (SSSR count). The summed E-state index contributed by atoms with van der Waals surface area (Å²) in [6.45, 7) is 0.667. The number of carbonyl (C=O) groups excluding carboxylic acids is 1. The summed E-state index contributed by atoms with van der Waals surface area (Å²) in [4.78, 5) is 12.7. The van der Waals surface area contributed by atoms with Crippen LogP contribution in [0.15, 0.2) is 24.3 Å². The molecular formula is C12H16F3NO. The number of rotatable bonds is 4. The Morgan fingerprint density at radius 3 is 2.18 bits per heavy atom. The summed E-state index contributed by atoms with van der Waals surface area (Å²) in [7, 11) is 3.83. The first-order valence-corrected chi connectivity index (χ1v) is 5.30. The van der Waals surface area contributed by atoms with Crippen LogP contribution in [0.2, 0.25) is 0 Å². The van der Waals surface area contributed by atoms with Crippen molar-refractivity contribution < 1.29 is 24.3 Å². The molecule has 0 aliphatic carbocycles. The SMILES string of the molecule is C[NH+](C)CCC(=O)c1ccc(C(F)(F)F)cc1.[H-].